The second-order valence-corrected chi connectivity index (χ2v) is 7.79. The van der Waals surface area contributed by atoms with Crippen molar-refractivity contribution in [2.75, 3.05) is 19.9 Å². The van der Waals surface area contributed by atoms with E-state index in [-0.39, 0.29) is 18.6 Å². The van der Waals surface area contributed by atoms with Crippen molar-refractivity contribution >= 4 is 12.0 Å². The molecular weight excluding hydrogens is 394 g/mol. The third kappa shape index (κ3) is 11.4. The fourth-order valence-corrected chi connectivity index (χ4v) is 3.08. The van der Waals surface area contributed by atoms with Gasteiger partial charge >= 0.3 is 6.09 Å². The van der Waals surface area contributed by atoms with Gasteiger partial charge in [0.1, 0.15) is 6.61 Å². The van der Waals surface area contributed by atoms with Crippen LogP contribution in [0.4, 0.5) is 4.79 Å². The van der Waals surface area contributed by atoms with Gasteiger partial charge in [-0.1, -0.05) is 48.6 Å². The minimum atomic E-state index is -0.498. The van der Waals surface area contributed by atoms with Crippen molar-refractivity contribution < 1.29 is 19.1 Å². The number of hydrogen-bond acceptors (Lipinski definition) is 5. The highest BCUT2D eigenvalue weighted by molar-refractivity contribution is 5.75. The smallest absolute Gasteiger partial charge is 0.407 e. The molecule has 170 valence electrons. The fraction of sp³-hybridized carbons (Fsp3) is 0.500. The van der Waals surface area contributed by atoms with Gasteiger partial charge in [0.25, 0.3) is 0 Å². The van der Waals surface area contributed by atoms with E-state index in [0.29, 0.717) is 38.7 Å². The number of benzene rings is 1. The average Bonchev–Trinajstić information content (AvgIpc) is 2.78. The zero-order valence-corrected chi connectivity index (χ0v) is 18.6. The molecule has 0 spiro atoms. The van der Waals surface area contributed by atoms with Gasteiger partial charge in [0.05, 0.1) is 19.4 Å². The first kappa shape index (κ1) is 24.6. The molecule has 0 aliphatic heterocycles. The van der Waals surface area contributed by atoms with Crippen molar-refractivity contribution in [3.8, 4) is 0 Å². The van der Waals surface area contributed by atoms with E-state index in [4.69, 9.17) is 9.47 Å². The number of allylic oxidation sites excluding steroid dienone is 4. The number of hydrogen-bond donors (Lipinski definition) is 3. The number of amides is 2. The van der Waals surface area contributed by atoms with E-state index in [2.05, 4.69) is 28.1 Å². The Bertz CT molecular complexity index is 746. The molecule has 7 heteroatoms. The number of rotatable bonds is 13. The molecule has 0 fully saturated rings. The Balaban J connectivity index is 1.54. The fourth-order valence-electron chi connectivity index (χ4n) is 3.08. The third-order valence-electron chi connectivity index (χ3n) is 4.74. The van der Waals surface area contributed by atoms with Gasteiger partial charge in [-0.2, -0.15) is 0 Å². The molecule has 0 bridgehead atoms. The molecule has 31 heavy (non-hydrogen) atoms. The van der Waals surface area contributed by atoms with E-state index in [1.165, 1.54) is 0 Å². The van der Waals surface area contributed by atoms with E-state index in [1.807, 2.05) is 50.3 Å². The second-order valence-electron chi connectivity index (χ2n) is 7.79. The minimum absolute atomic E-state index is 0.0174. The normalized spacial score (nSPS) is 15.1. The monoisotopic (exact) mass is 429 g/mol. The zero-order valence-electron chi connectivity index (χ0n) is 18.6. The van der Waals surface area contributed by atoms with Crippen LogP contribution in [0.2, 0.25) is 0 Å². The van der Waals surface area contributed by atoms with Crippen molar-refractivity contribution in [1.82, 2.24) is 16.0 Å². The van der Waals surface area contributed by atoms with Gasteiger partial charge in [-0.3, -0.25) is 10.1 Å². The van der Waals surface area contributed by atoms with Crippen LogP contribution in [-0.2, 0) is 27.4 Å². The molecule has 1 aliphatic rings. The Labute approximate surface area is 185 Å². The summed E-state index contributed by atoms with van der Waals surface area (Å²) in [6.07, 6.45) is 10.3. The zero-order chi connectivity index (χ0) is 22.3. The van der Waals surface area contributed by atoms with Crippen molar-refractivity contribution in [3.05, 3.63) is 59.7 Å². The Hall–Kier alpha value is -2.64. The summed E-state index contributed by atoms with van der Waals surface area (Å²) in [4.78, 5) is 23.7. The van der Waals surface area contributed by atoms with Crippen LogP contribution in [-0.4, -0.2) is 38.0 Å². The number of carbonyl (C=O) groups excluding carboxylic acids is 2. The highest BCUT2D eigenvalue weighted by atomic mass is 16.5. The molecule has 2 rings (SSSR count). The van der Waals surface area contributed by atoms with Crippen LogP contribution in [0.3, 0.4) is 0 Å². The molecule has 1 aromatic carbocycles. The summed E-state index contributed by atoms with van der Waals surface area (Å²) in [7, 11) is 0. The second kappa shape index (κ2) is 14.4. The van der Waals surface area contributed by atoms with Gasteiger partial charge in [0.15, 0.2) is 0 Å². The molecule has 3 N–H and O–H groups in total. The van der Waals surface area contributed by atoms with Crippen LogP contribution in [0.1, 0.15) is 44.2 Å². The van der Waals surface area contributed by atoms with Gasteiger partial charge in [0, 0.05) is 19.5 Å². The molecule has 2 amide bonds. The van der Waals surface area contributed by atoms with Crippen LogP contribution >= 0.6 is 0 Å². The van der Waals surface area contributed by atoms with Crippen LogP contribution in [0, 0.1) is 5.92 Å². The lowest BCUT2D eigenvalue weighted by atomic mass is 9.96. The van der Waals surface area contributed by atoms with Gasteiger partial charge in [0.2, 0.25) is 5.91 Å². The summed E-state index contributed by atoms with van der Waals surface area (Å²) in [5.74, 6) is 0.414. The Morgan fingerprint density at radius 3 is 2.68 bits per heavy atom. The van der Waals surface area contributed by atoms with Crippen LogP contribution in [0.5, 0.6) is 0 Å². The first-order valence-electron chi connectivity index (χ1n) is 10.9. The molecule has 1 atom stereocenters. The summed E-state index contributed by atoms with van der Waals surface area (Å²) in [6, 6.07) is 7.96. The molecular formula is C24H35N3O4. The van der Waals surface area contributed by atoms with Crippen molar-refractivity contribution in [1.29, 1.82) is 0 Å². The summed E-state index contributed by atoms with van der Waals surface area (Å²) in [5, 5.41) is 8.74. The van der Waals surface area contributed by atoms with E-state index in [0.717, 1.165) is 24.0 Å². The maximum absolute atomic E-state index is 11.9. The summed E-state index contributed by atoms with van der Waals surface area (Å²) < 4.78 is 10.6. The molecule has 0 saturated carbocycles. The molecule has 1 unspecified atom stereocenters. The predicted molar refractivity (Wildman–Crippen MR) is 121 cm³/mol. The molecule has 0 heterocycles. The van der Waals surface area contributed by atoms with Crippen LogP contribution in [0.25, 0.3) is 0 Å². The Kier molecular flexibility index (Phi) is 11.4. The first-order chi connectivity index (χ1) is 15.0. The highest BCUT2D eigenvalue weighted by Crippen LogP contribution is 2.16. The lowest BCUT2D eigenvalue weighted by molar-refractivity contribution is -0.121. The standard InChI is InChI=1S/C24H35N3O4/c1-19(2)31-18-25-16-21-9-6-10-22(15-21)17-27-24(29)30-14-13-26-23(28)12-11-20-7-4-3-5-8-20/h3-7,9-10,15,19-20,25H,8,11-14,16-18H2,1-2H3,(H,26,28)(H,27,29). The topological polar surface area (TPSA) is 88.7 Å². The summed E-state index contributed by atoms with van der Waals surface area (Å²) in [6.45, 7) is 6.01. The van der Waals surface area contributed by atoms with Crippen LogP contribution < -0.4 is 16.0 Å². The minimum Gasteiger partial charge on any atom is -0.448 e. The maximum atomic E-state index is 11.9. The number of alkyl carbamates (subject to hydrolysis) is 1. The highest BCUT2D eigenvalue weighted by Gasteiger charge is 2.09. The largest absolute Gasteiger partial charge is 0.448 e. The quantitative estimate of drug-likeness (QED) is 0.330. The van der Waals surface area contributed by atoms with E-state index < -0.39 is 6.09 Å². The maximum Gasteiger partial charge on any atom is 0.407 e. The average molecular weight is 430 g/mol. The van der Waals surface area contributed by atoms with Gasteiger partial charge in [-0.15, -0.1) is 0 Å². The number of nitrogens with one attached hydrogen (secondary N) is 3. The predicted octanol–water partition coefficient (Wildman–Crippen LogP) is 3.41. The Morgan fingerprint density at radius 2 is 1.94 bits per heavy atom. The molecule has 0 saturated heterocycles. The first-order valence-corrected chi connectivity index (χ1v) is 10.9. The van der Waals surface area contributed by atoms with Gasteiger partial charge < -0.3 is 20.1 Å². The van der Waals surface area contributed by atoms with Crippen molar-refractivity contribution in [2.24, 2.45) is 5.92 Å². The van der Waals surface area contributed by atoms with Gasteiger partial charge in [-0.25, -0.2) is 4.79 Å². The molecule has 1 aliphatic carbocycles. The summed E-state index contributed by atoms with van der Waals surface area (Å²) >= 11 is 0. The van der Waals surface area contributed by atoms with Crippen molar-refractivity contribution in [2.45, 2.75) is 52.3 Å². The van der Waals surface area contributed by atoms with E-state index in [9.17, 15) is 9.59 Å². The lowest BCUT2D eigenvalue weighted by Crippen LogP contribution is -2.31. The molecule has 1 aromatic rings. The number of ether oxygens (including phenoxy) is 2. The van der Waals surface area contributed by atoms with E-state index in [1.54, 1.807) is 0 Å². The molecule has 7 nitrogen and oxygen atoms in total. The Morgan fingerprint density at radius 1 is 1.13 bits per heavy atom. The SMILES string of the molecule is CC(C)OCNCc1cccc(CNC(=O)OCCNC(=O)CCC2C=CC=CC2)c1. The van der Waals surface area contributed by atoms with Crippen molar-refractivity contribution in [3.63, 3.8) is 0 Å². The lowest BCUT2D eigenvalue weighted by Gasteiger charge is -2.12. The number of carbonyl (C=O) groups is 2. The third-order valence-corrected chi connectivity index (χ3v) is 4.74. The van der Waals surface area contributed by atoms with Gasteiger partial charge in [-0.05, 0) is 43.7 Å². The van der Waals surface area contributed by atoms with Crippen LogP contribution in [0.15, 0.2) is 48.6 Å². The van der Waals surface area contributed by atoms with E-state index >= 15 is 0 Å². The molecule has 0 aromatic heterocycles. The summed E-state index contributed by atoms with van der Waals surface area (Å²) in [5.41, 5.74) is 2.10. The molecule has 0 radical (unpaired) electrons.